The van der Waals surface area contributed by atoms with Gasteiger partial charge in [-0.05, 0) is 33.9 Å². The lowest BCUT2D eigenvalue weighted by molar-refractivity contribution is 0.116. The normalized spacial score (nSPS) is 20.6. The lowest BCUT2D eigenvalue weighted by atomic mass is 10.2. The highest BCUT2D eigenvalue weighted by atomic mass is 16.5. The number of nitrogens with one attached hydrogen (secondary N) is 1. The monoisotopic (exact) mass is 243 g/mol. The van der Waals surface area contributed by atoms with Gasteiger partial charge in [0.15, 0.2) is 0 Å². The molecule has 0 aromatic heterocycles. The van der Waals surface area contributed by atoms with E-state index in [1.807, 2.05) is 6.92 Å². The molecule has 1 aliphatic heterocycles. The Bertz CT molecular complexity index is 182. The first kappa shape index (κ1) is 14.9. The van der Waals surface area contributed by atoms with E-state index < -0.39 is 0 Å². The standard InChI is InChI=1S/C13H29N3O/c1-4-17-11-5-6-14-12-13(2)16-9-7-15(3)8-10-16/h13-14H,4-12H2,1-3H3. The van der Waals surface area contributed by atoms with Gasteiger partial charge < -0.3 is 15.0 Å². The topological polar surface area (TPSA) is 27.7 Å². The number of piperazine rings is 1. The minimum absolute atomic E-state index is 0.649. The third-order valence-corrected chi connectivity index (χ3v) is 3.45. The van der Waals surface area contributed by atoms with Crippen molar-refractivity contribution in [2.45, 2.75) is 26.3 Å². The summed E-state index contributed by atoms with van der Waals surface area (Å²) < 4.78 is 5.31. The molecule has 0 aromatic carbocycles. The Morgan fingerprint density at radius 3 is 2.59 bits per heavy atom. The van der Waals surface area contributed by atoms with Crippen molar-refractivity contribution in [2.24, 2.45) is 0 Å². The summed E-state index contributed by atoms with van der Waals surface area (Å²) in [5.41, 5.74) is 0. The van der Waals surface area contributed by atoms with E-state index in [1.165, 1.54) is 26.2 Å². The fourth-order valence-corrected chi connectivity index (χ4v) is 2.15. The van der Waals surface area contributed by atoms with Gasteiger partial charge in [0.05, 0.1) is 0 Å². The number of rotatable bonds is 8. The van der Waals surface area contributed by atoms with Gasteiger partial charge in [0.1, 0.15) is 0 Å². The first-order valence-electron chi connectivity index (χ1n) is 6.95. The second-order valence-electron chi connectivity index (χ2n) is 4.94. The van der Waals surface area contributed by atoms with Crippen molar-refractivity contribution in [2.75, 3.05) is 59.5 Å². The first-order valence-corrected chi connectivity index (χ1v) is 6.95. The molecule has 0 bridgehead atoms. The van der Waals surface area contributed by atoms with Crippen molar-refractivity contribution < 1.29 is 4.74 Å². The Kier molecular flexibility index (Phi) is 7.77. The molecule has 4 nitrogen and oxygen atoms in total. The van der Waals surface area contributed by atoms with E-state index in [9.17, 15) is 0 Å². The molecule has 1 aliphatic rings. The second kappa shape index (κ2) is 8.86. The minimum atomic E-state index is 0.649. The van der Waals surface area contributed by atoms with Crippen LogP contribution in [0, 0.1) is 0 Å². The minimum Gasteiger partial charge on any atom is -0.382 e. The van der Waals surface area contributed by atoms with Crippen molar-refractivity contribution in [3.63, 3.8) is 0 Å². The predicted molar refractivity (Wildman–Crippen MR) is 72.5 cm³/mol. The summed E-state index contributed by atoms with van der Waals surface area (Å²) in [5.74, 6) is 0. The summed E-state index contributed by atoms with van der Waals surface area (Å²) in [4.78, 5) is 4.98. The Hall–Kier alpha value is -0.160. The van der Waals surface area contributed by atoms with E-state index in [0.29, 0.717) is 6.04 Å². The molecule has 0 saturated carbocycles. The van der Waals surface area contributed by atoms with Crippen LogP contribution in [0.25, 0.3) is 0 Å². The third-order valence-electron chi connectivity index (χ3n) is 3.45. The van der Waals surface area contributed by atoms with Crippen LogP contribution in [-0.2, 0) is 4.74 Å². The summed E-state index contributed by atoms with van der Waals surface area (Å²) in [5, 5.41) is 3.52. The lowest BCUT2D eigenvalue weighted by Gasteiger charge is -2.36. The Labute approximate surface area is 106 Å². The van der Waals surface area contributed by atoms with Crippen LogP contribution in [-0.4, -0.2) is 75.4 Å². The van der Waals surface area contributed by atoms with Crippen LogP contribution in [0.5, 0.6) is 0 Å². The fraction of sp³-hybridized carbons (Fsp3) is 1.00. The molecule has 0 radical (unpaired) electrons. The number of ether oxygens (including phenoxy) is 1. The molecular formula is C13H29N3O. The van der Waals surface area contributed by atoms with Crippen molar-refractivity contribution in [1.82, 2.24) is 15.1 Å². The van der Waals surface area contributed by atoms with E-state index in [0.717, 1.165) is 32.7 Å². The molecule has 1 heterocycles. The van der Waals surface area contributed by atoms with E-state index in [2.05, 4.69) is 29.1 Å². The van der Waals surface area contributed by atoms with Gasteiger partial charge >= 0.3 is 0 Å². The van der Waals surface area contributed by atoms with Gasteiger partial charge in [0, 0.05) is 52.0 Å². The van der Waals surface area contributed by atoms with Crippen LogP contribution in [0.4, 0.5) is 0 Å². The molecule has 17 heavy (non-hydrogen) atoms. The van der Waals surface area contributed by atoms with E-state index in [-0.39, 0.29) is 0 Å². The highest BCUT2D eigenvalue weighted by molar-refractivity contribution is 4.75. The molecule has 0 aromatic rings. The molecule has 1 atom stereocenters. The predicted octanol–water partition coefficient (Wildman–Crippen LogP) is 0.639. The summed E-state index contributed by atoms with van der Waals surface area (Å²) in [6.07, 6.45) is 1.11. The van der Waals surface area contributed by atoms with Crippen LogP contribution < -0.4 is 5.32 Å². The van der Waals surface area contributed by atoms with E-state index >= 15 is 0 Å². The summed E-state index contributed by atoms with van der Waals surface area (Å²) in [6.45, 7) is 13.1. The van der Waals surface area contributed by atoms with Gasteiger partial charge in [0.2, 0.25) is 0 Å². The zero-order valence-electron chi connectivity index (χ0n) is 11.7. The van der Waals surface area contributed by atoms with Gasteiger partial charge in [-0.25, -0.2) is 0 Å². The molecule has 4 heteroatoms. The Balaban J connectivity index is 1.99. The molecule has 1 fully saturated rings. The number of likely N-dealkylation sites (N-methyl/N-ethyl adjacent to an activating group) is 1. The highest BCUT2D eigenvalue weighted by Gasteiger charge is 2.18. The third kappa shape index (κ3) is 6.36. The van der Waals surface area contributed by atoms with Crippen LogP contribution in [0.15, 0.2) is 0 Å². The highest BCUT2D eigenvalue weighted by Crippen LogP contribution is 2.03. The average Bonchev–Trinajstić information content (AvgIpc) is 2.34. The van der Waals surface area contributed by atoms with E-state index in [1.54, 1.807) is 0 Å². The van der Waals surface area contributed by atoms with E-state index in [4.69, 9.17) is 4.74 Å². The average molecular weight is 243 g/mol. The molecule has 102 valence electrons. The molecule has 0 spiro atoms. The number of nitrogens with zero attached hydrogens (tertiary/aromatic N) is 2. The zero-order valence-corrected chi connectivity index (χ0v) is 11.7. The summed E-state index contributed by atoms with van der Waals surface area (Å²) in [7, 11) is 2.20. The largest absolute Gasteiger partial charge is 0.382 e. The fourth-order valence-electron chi connectivity index (χ4n) is 2.15. The number of hydrogen-bond acceptors (Lipinski definition) is 4. The molecule has 1 saturated heterocycles. The SMILES string of the molecule is CCOCCCNCC(C)N1CCN(C)CC1. The number of hydrogen-bond donors (Lipinski definition) is 1. The van der Waals surface area contributed by atoms with Crippen molar-refractivity contribution >= 4 is 0 Å². The summed E-state index contributed by atoms with van der Waals surface area (Å²) >= 11 is 0. The van der Waals surface area contributed by atoms with Gasteiger partial charge in [-0.1, -0.05) is 0 Å². The van der Waals surface area contributed by atoms with Gasteiger partial charge in [-0.15, -0.1) is 0 Å². The first-order chi connectivity index (χ1) is 8.24. The van der Waals surface area contributed by atoms with Crippen LogP contribution in [0.3, 0.4) is 0 Å². The van der Waals surface area contributed by atoms with Gasteiger partial charge in [-0.2, -0.15) is 0 Å². The Morgan fingerprint density at radius 2 is 1.94 bits per heavy atom. The molecular weight excluding hydrogens is 214 g/mol. The zero-order chi connectivity index (χ0) is 12.5. The van der Waals surface area contributed by atoms with Crippen LogP contribution >= 0.6 is 0 Å². The Morgan fingerprint density at radius 1 is 1.24 bits per heavy atom. The molecule has 0 aliphatic carbocycles. The molecule has 1 N–H and O–H groups in total. The lowest BCUT2D eigenvalue weighted by Crippen LogP contribution is -2.50. The molecule has 1 unspecified atom stereocenters. The maximum atomic E-state index is 5.31. The van der Waals surface area contributed by atoms with Crippen LogP contribution in [0.1, 0.15) is 20.3 Å². The van der Waals surface area contributed by atoms with Gasteiger partial charge in [0.25, 0.3) is 0 Å². The second-order valence-corrected chi connectivity index (χ2v) is 4.94. The summed E-state index contributed by atoms with van der Waals surface area (Å²) in [6, 6.07) is 0.649. The van der Waals surface area contributed by atoms with Crippen molar-refractivity contribution in [1.29, 1.82) is 0 Å². The van der Waals surface area contributed by atoms with Crippen molar-refractivity contribution in [3.8, 4) is 0 Å². The quantitative estimate of drug-likeness (QED) is 0.633. The molecule has 0 amide bonds. The van der Waals surface area contributed by atoms with Crippen LogP contribution in [0.2, 0.25) is 0 Å². The molecule has 1 rings (SSSR count). The van der Waals surface area contributed by atoms with Crippen molar-refractivity contribution in [3.05, 3.63) is 0 Å². The maximum absolute atomic E-state index is 5.31. The van der Waals surface area contributed by atoms with Gasteiger partial charge in [-0.3, -0.25) is 4.90 Å². The smallest absolute Gasteiger partial charge is 0.0477 e. The maximum Gasteiger partial charge on any atom is 0.0477 e.